The van der Waals surface area contributed by atoms with Crippen LogP contribution in [0.5, 0.6) is 0 Å². The molecular formula is C31H57NO5Si. The zero-order chi connectivity index (χ0) is 28.7. The van der Waals surface area contributed by atoms with E-state index in [4.69, 9.17) is 24.4 Å². The Hall–Kier alpha value is -0.993. The van der Waals surface area contributed by atoms with Crippen LogP contribution in [0.3, 0.4) is 0 Å². The van der Waals surface area contributed by atoms with E-state index in [0.29, 0.717) is 18.3 Å². The van der Waals surface area contributed by atoms with Crippen molar-refractivity contribution in [1.82, 2.24) is 0 Å². The highest BCUT2D eigenvalue weighted by Crippen LogP contribution is 2.47. The van der Waals surface area contributed by atoms with Gasteiger partial charge in [0, 0.05) is 13.0 Å². The normalized spacial score (nSPS) is 31.7. The molecule has 0 aromatic heterocycles. The molecule has 0 aromatic carbocycles. The zero-order valence-electron chi connectivity index (χ0n) is 25.9. The number of primary amides is 1. The lowest BCUT2D eigenvalue weighted by atomic mass is 9.85. The lowest BCUT2D eigenvalue weighted by Crippen LogP contribution is -2.46. The second-order valence-electron chi connectivity index (χ2n) is 12.4. The Labute approximate surface area is 234 Å². The third-order valence-electron chi connectivity index (χ3n) is 9.24. The second kappa shape index (κ2) is 14.6. The van der Waals surface area contributed by atoms with E-state index >= 15 is 0 Å². The molecular weight excluding hydrogens is 494 g/mol. The van der Waals surface area contributed by atoms with Crippen molar-refractivity contribution in [1.29, 1.82) is 0 Å². The predicted molar refractivity (Wildman–Crippen MR) is 159 cm³/mol. The van der Waals surface area contributed by atoms with Crippen molar-refractivity contribution in [3.05, 3.63) is 23.8 Å². The Morgan fingerprint density at radius 2 is 1.79 bits per heavy atom. The number of allylic oxidation sites excluding steroid dienone is 3. The Morgan fingerprint density at radius 3 is 2.34 bits per heavy atom. The van der Waals surface area contributed by atoms with Crippen LogP contribution >= 0.6 is 0 Å². The lowest BCUT2D eigenvalue weighted by molar-refractivity contribution is -0.125. The molecule has 0 saturated carbocycles. The van der Waals surface area contributed by atoms with Gasteiger partial charge in [0.05, 0.1) is 42.5 Å². The maximum absolute atomic E-state index is 11.3. The van der Waals surface area contributed by atoms with Crippen LogP contribution in [0.25, 0.3) is 0 Å². The molecule has 7 heteroatoms. The summed E-state index contributed by atoms with van der Waals surface area (Å²) in [6, 6.07) is 3.43. The van der Waals surface area contributed by atoms with Gasteiger partial charge in [-0.05, 0) is 75.6 Å². The molecule has 1 unspecified atom stereocenters. The standard InChI is InChI=1S/C31H57NO5Si/c1-11-38(12-2,13-3)37-25(8)29(34-10)24(7)30-31(9,36-30)20-21(4)15-14-16-22(5)28-23(6)17-18-26(35-28)19-27(32)33/h14-16,21,23-26,28-30H,11-13,17-20H2,1-10H3,(H2,32,33)/b15-14+,22-16+/t21?,23-,24+,25+,26+,28+,29+,30+,31+/m0/s1. The van der Waals surface area contributed by atoms with Gasteiger partial charge >= 0.3 is 0 Å². The first-order valence-corrected chi connectivity index (χ1v) is 17.5. The number of carbonyl (C=O) groups is 1. The van der Waals surface area contributed by atoms with Gasteiger partial charge in [0.2, 0.25) is 5.91 Å². The summed E-state index contributed by atoms with van der Waals surface area (Å²) in [5.74, 6) is 0.776. The minimum Gasteiger partial charge on any atom is -0.412 e. The number of nitrogens with two attached hydrogens (primary N) is 1. The maximum Gasteiger partial charge on any atom is 0.220 e. The summed E-state index contributed by atoms with van der Waals surface area (Å²) in [6.07, 6.45) is 10.00. The minimum atomic E-state index is -1.70. The van der Waals surface area contributed by atoms with Crippen LogP contribution in [0.4, 0.5) is 0 Å². The number of carbonyl (C=O) groups excluding carboxylic acids is 1. The fourth-order valence-corrected chi connectivity index (χ4v) is 9.61. The first-order chi connectivity index (χ1) is 17.8. The molecule has 2 aliphatic heterocycles. The van der Waals surface area contributed by atoms with E-state index in [1.165, 1.54) is 5.57 Å². The van der Waals surface area contributed by atoms with Gasteiger partial charge in [-0.15, -0.1) is 0 Å². The Morgan fingerprint density at radius 1 is 1.16 bits per heavy atom. The molecule has 220 valence electrons. The van der Waals surface area contributed by atoms with Gasteiger partial charge in [0.15, 0.2) is 8.32 Å². The fraction of sp³-hybridized carbons (Fsp3) is 0.839. The fourth-order valence-electron chi connectivity index (χ4n) is 6.69. The number of hydrogen-bond acceptors (Lipinski definition) is 5. The summed E-state index contributed by atoms with van der Waals surface area (Å²) in [7, 11) is 0.107. The van der Waals surface area contributed by atoms with Crippen molar-refractivity contribution in [3.8, 4) is 0 Å². The van der Waals surface area contributed by atoms with Gasteiger partial charge in [0.25, 0.3) is 0 Å². The molecule has 2 fully saturated rings. The third-order valence-corrected chi connectivity index (χ3v) is 14.0. The summed E-state index contributed by atoms with van der Waals surface area (Å²) < 4.78 is 25.3. The molecule has 9 atom stereocenters. The number of epoxide rings is 1. The molecule has 6 nitrogen and oxygen atoms in total. The molecule has 2 rings (SSSR count). The van der Waals surface area contributed by atoms with Crippen molar-refractivity contribution in [2.75, 3.05) is 7.11 Å². The van der Waals surface area contributed by atoms with Crippen LogP contribution in [0, 0.1) is 17.8 Å². The highest BCUT2D eigenvalue weighted by molar-refractivity contribution is 6.73. The Kier molecular flexibility index (Phi) is 12.7. The van der Waals surface area contributed by atoms with Crippen molar-refractivity contribution in [2.45, 2.75) is 142 Å². The number of methoxy groups -OCH3 is 1. The average molecular weight is 552 g/mol. The highest BCUT2D eigenvalue weighted by atomic mass is 28.4. The lowest BCUT2D eigenvalue weighted by Gasteiger charge is -2.36. The quantitative estimate of drug-likeness (QED) is 0.130. The van der Waals surface area contributed by atoms with E-state index < -0.39 is 8.32 Å². The van der Waals surface area contributed by atoms with Crippen LogP contribution < -0.4 is 5.73 Å². The van der Waals surface area contributed by atoms with E-state index in [1.807, 2.05) is 0 Å². The van der Waals surface area contributed by atoms with Gasteiger partial charge < -0.3 is 24.4 Å². The molecule has 2 heterocycles. The maximum atomic E-state index is 11.3. The molecule has 2 N–H and O–H groups in total. The monoisotopic (exact) mass is 551 g/mol. The van der Waals surface area contributed by atoms with E-state index in [1.54, 1.807) is 7.11 Å². The van der Waals surface area contributed by atoms with Gasteiger partial charge in [-0.2, -0.15) is 0 Å². The number of ether oxygens (including phenoxy) is 3. The summed E-state index contributed by atoms with van der Waals surface area (Å²) in [5, 5.41) is 0. The smallest absolute Gasteiger partial charge is 0.220 e. The molecule has 0 aromatic rings. The van der Waals surface area contributed by atoms with Crippen LogP contribution in [0.1, 0.15) is 88.0 Å². The van der Waals surface area contributed by atoms with Crippen LogP contribution in [0.15, 0.2) is 23.8 Å². The topological polar surface area (TPSA) is 83.3 Å². The first kappa shape index (κ1) is 33.2. The van der Waals surface area contributed by atoms with E-state index in [2.05, 4.69) is 80.5 Å². The zero-order valence-corrected chi connectivity index (χ0v) is 26.9. The van der Waals surface area contributed by atoms with E-state index in [0.717, 1.165) is 37.4 Å². The molecule has 2 aliphatic rings. The van der Waals surface area contributed by atoms with Crippen molar-refractivity contribution >= 4 is 14.2 Å². The van der Waals surface area contributed by atoms with Gasteiger partial charge in [-0.1, -0.05) is 59.8 Å². The molecule has 1 amide bonds. The molecule has 0 spiro atoms. The van der Waals surface area contributed by atoms with Gasteiger partial charge in [-0.25, -0.2) is 0 Å². The van der Waals surface area contributed by atoms with Crippen LogP contribution in [-0.2, 0) is 23.4 Å². The minimum absolute atomic E-state index is 0.0191. The molecule has 0 aliphatic carbocycles. The summed E-state index contributed by atoms with van der Waals surface area (Å²) >= 11 is 0. The summed E-state index contributed by atoms with van der Waals surface area (Å²) in [6.45, 7) is 20.1. The summed E-state index contributed by atoms with van der Waals surface area (Å²) in [4.78, 5) is 11.3. The first-order valence-electron chi connectivity index (χ1n) is 15.0. The number of hydrogen-bond donors (Lipinski definition) is 1. The van der Waals surface area contributed by atoms with Crippen molar-refractivity contribution in [2.24, 2.45) is 23.5 Å². The van der Waals surface area contributed by atoms with Gasteiger partial charge in [-0.3, -0.25) is 4.79 Å². The summed E-state index contributed by atoms with van der Waals surface area (Å²) in [5.41, 5.74) is 6.44. The molecule has 2 saturated heterocycles. The van der Waals surface area contributed by atoms with Crippen molar-refractivity contribution < 1.29 is 23.4 Å². The van der Waals surface area contributed by atoms with Crippen LogP contribution in [0.2, 0.25) is 18.1 Å². The van der Waals surface area contributed by atoms with Crippen molar-refractivity contribution in [3.63, 3.8) is 0 Å². The number of rotatable bonds is 16. The molecule has 0 radical (unpaired) electrons. The highest BCUT2D eigenvalue weighted by Gasteiger charge is 2.57. The SMILES string of the molecule is CC[Si](CC)(CC)O[C@H](C)[C@H](OC)[C@@H](C)[C@H]1O[C@]1(C)CC(C)/C=C/C=C(\C)[C@H]1O[C@@H](CC(N)=O)CC[C@@H]1C. The Balaban J connectivity index is 1.94. The Bertz CT molecular complexity index is 804. The van der Waals surface area contributed by atoms with E-state index in [9.17, 15) is 4.79 Å². The van der Waals surface area contributed by atoms with Gasteiger partial charge in [0.1, 0.15) is 0 Å². The second-order valence-corrected chi connectivity index (χ2v) is 17.1. The molecule has 38 heavy (non-hydrogen) atoms. The number of amides is 1. The van der Waals surface area contributed by atoms with E-state index in [-0.39, 0.29) is 47.9 Å². The molecule has 0 bridgehead atoms. The largest absolute Gasteiger partial charge is 0.412 e. The van der Waals surface area contributed by atoms with Crippen LogP contribution in [-0.4, -0.2) is 57.5 Å². The average Bonchev–Trinajstić information content (AvgIpc) is 3.53. The third kappa shape index (κ3) is 8.75. The predicted octanol–water partition coefficient (Wildman–Crippen LogP) is 6.79.